The summed E-state index contributed by atoms with van der Waals surface area (Å²) < 4.78 is 0.462. The molecule has 0 aliphatic heterocycles. The maximum absolute atomic E-state index is 5.02. The van der Waals surface area contributed by atoms with Gasteiger partial charge in [-0.2, -0.15) is 12.6 Å². The molecule has 0 spiro atoms. The highest BCUT2D eigenvalue weighted by molar-refractivity contribution is 7.81. The second-order valence-corrected chi connectivity index (χ2v) is 8.51. The minimum Gasteiger partial charge on any atom is -0.172 e. The van der Waals surface area contributed by atoms with E-state index in [9.17, 15) is 0 Å². The van der Waals surface area contributed by atoms with Gasteiger partial charge in [-0.15, -0.1) is 0 Å². The Morgan fingerprint density at radius 1 is 0.900 bits per heavy atom. The van der Waals surface area contributed by atoms with Crippen LogP contribution in [-0.4, -0.2) is 4.75 Å². The van der Waals surface area contributed by atoms with E-state index in [0.29, 0.717) is 4.75 Å². The van der Waals surface area contributed by atoms with Crippen LogP contribution in [0, 0.1) is 11.8 Å². The predicted octanol–water partition coefficient (Wildman–Crippen LogP) is 6.79. The van der Waals surface area contributed by atoms with Crippen LogP contribution >= 0.6 is 12.6 Å². The van der Waals surface area contributed by atoms with Gasteiger partial charge in [0.15, 0.2) is 0 Å². The Hall–Kier alpha value is 0.350. The molecule has 1 heteroatoms. The lowest BCUT2D eigenvalue weighted by Gasteiger charge is -2.30. The smallest absolute Gasteiger partial charge is 0.0161 e. The van der Waals surface area contributed by atoms with Crippen LogP contribution in [0.2, 0.25) is 0 Å². The summed E-state index contributed by atoms with van der Waals surface area (Å²) in [7, 11) is 0. The molecular weight excluding hydrogens is 260 g/mol. The van der Waals surface area contributed by atoms with E-state index in [1.807, 2.05) is 0 Å². The molecule has 0 N–H and O–H groups in total. The molecule has 0 saturated heterocycles. The summed E-state index contributed by atoms with van der Waals surface area (Å²) in [4.78, 5) is 0. The van der Waals surface area contributed by atoms with E-state index in [1.165, 1.54) is 96.3 Å². The van der Waals surface area contributed by atoms with Crippen molar-refractivity contribution < 1.29 is 0 Å². The quantitative estimate of drug-likeness (QED) is 0.315. The molecule has 0 amide bonds. The van der Waals surface area contributed by atoms with Gasteiger partial charge >= 0.3 is 0 Å². The Morgan fingerprint density at radius 2 is 1.50 bits per heavy atom. The molecule has 3 unspecified atom stereocenters. The number of hydrogen-bond donors (Lipinski definition) is 1. The van der Waals surface area contributed by atoms with Crippen LogP contribution in [0.3, 0.4) is 0 Å². The third kappa shape index (κ3) is 4.97. The fraction of sp³-hybridized carbons (Fsp3) is 1.00. The number of fused-ring (bicyclic) bond motifs is 2. The highest BCUT2D eigenvalue weighted by Crippen LogP contribution is 2.56. The van der Waals surface area contributed by atoms with Gasteiger partial charge in [-0.25, -0.2) is 0 Å². The number of rotatable bonds is 11. The summed E-state index contributed by atoms with van der Waals surface area (Å²) in [6.45, 7) is 2.30. The molecule has 0 heterocycles. The van der Waals surface area contributed by atoms with E-state index in [4.69, 9.17) is 12.6 Å². The van der Waals surface area contributed by atoms with Gasteiger partial charge in [-0.3, -0.25) is 0 Å². The van der Waals surface area contributed by atoms with Crippen LogP contribution in [0.1, 0.15) is 103 Å². The van der Waals surface area contributed by atoms with Gasteiger partial charge in [0.1, 0.15) is 0 Å². The van der Waals surface area contributed by atoms with Gasteiger partial charge in [0.25, 0.3) is 0 Å². The van der Waals surface area contributed by atoms with Crippen molar-refractivity contribution in [1.82, 2.24) is 0 Å². The van der Waals surface area contributed by atoms with Crippen molar-refractivity contribution in [2.24, 2.45) is 11.8 Å². The van der Waals surface area contributed by atoms with Crippen LogP contribution in [0.5, 0.6) is 0 Å². The first-order valence-electron chi connectivity index (χ1n) is 9.47. The lowest BCUT2D eigenvalue weighted by atomic mass is 9.84. The van der Waals surface area contributed by atoms with Crippen molar-refractivity contribution in [3.05, 3.63) is 0 Å². The summed E-state index contributed by atoms with van der Waals surface area (Å²) in [5.41, 5.74) is 0. The number of thiol groups is 1. The van der Waals surface area contributed by atoms with E-state index in [2.05, 4.69) is 6.92 Å². The first-order valence-corrected chi connectivity index (χ1v) is 9.91. The SMILES string of the molecule is CCCCCCCCCCCCC1CC2CCC1(S)C2. The molecule has 2 bridgehead atoms. The van der Waals surface area contributed by atoms with Gasteiger partial charge in [0, 0.05) is 4.75 Å². The van der Waals surface area contributed by atoms with Gasteiger partial charge in [-0.1, -0.05) is 71.1 Å². The minimum absolute atomic E-state index is 0.462. The molecular formula is C19H36S. The van der Waals surface area contributed by atoms with Gasteiger partial charge in [0.05, 0.1) is 0 Å². The topological polar surface area (TPSA) is 0 Å². The number of unbranched alkanes of at least 4 members (excludes halogenated alkanes) is 9. The second-order valence-electron chi connectivity index (χ2n) is 7.62. The molecule has 3 atom stereocenters. The molecule has 0 aromatic carbocycles. The molecule has 0 radical (unpaired) electrons. The van der Waals surface area contributed by atoms with E-state index in [0.717, 1.165) is 11.8 Å². The first-order chi connectivity index (χ1) is 9.74. The molecule has 2 fully saturated rings. The van der Waals surface area contributed by atoms with E-state index < -0.39 is 0 Å². The van der Waals surface area contributed by atoms with E-state index in [1.54, 1.807) is 0 Å². The van der Waals surface area contributed by atoms with E-state index >= 15 is 0 Å². The normalized spacial score (nSPS) is 32.1. The Balaban J connectivity index is 1.39. The first kappa shape index (κ1) is 16.7. The third-order valence-electron chi connectivity index (χ3n) is 5.91. The average Bonchev–Trinajstić information content (AvgIpc) is 2.96. The zero-order valence-corrected chi connectivity index (χ0v) is 14.6. The van der Waals surface area contributed by atoms with Crippen molar-refractivity contribution in [2.45, 2.75) is 108 Å². The van der Waals surface area contributed by atoms with Gasteiger partial charge < -0.3 is 0 Å². The summed E-state index contributed by atoms with van der Waals surface area (Å²) >= 11 is 5.02. The van der Waals surface area contributed by atoms with Gasteiger partial charge in [0.2, 0.25) is 0 Å². The molecule has 2 rings (SSSR count). The van der Waals surface area contributed by atoms with Crippen molar-refractivity contribution in [3.8, 4) is 0 Å². The summed E-state index contributed by atoms with van der Waals surface area (Å²) in [6, 6.07) is 0. The van der Waals surface area contributed by atoms with Crippen molar-refractivity contribution in [1.29, 1.82) is 0 Å². The standard InChI is InChI=1S/C19H36S/c1-2-3-4-5-6-7-8-9-10-11-12-18-15-17-13-14-19(18,20)16-17/h17-18,20H,2-16H2,1H3. The fourth-order valence-electron chi connectivity index (χ4n) is 4.62. The molecule has 0 nitrogen and oxygen atoms in total. The fourth-order valence-corrected chi connectivity index (χ4v) is 5.24. The Kier molecular flexibility index (Phi) is 7.28. The zero-order valence-electron chi connectivity index (χ0n) is 13.7. The lowest BCUT2D eigenvalue weighted by Crippen LogP contribution is -2.25. The third-order valence-corrected chi connectivity index (χ3v) is 6.68. The Morgan fingerprint density at radius 3 is 2.00 bits per heavy atom. The van der Waals surface area contributed by atoms with Crippen LogP contribution in [0.25, 0.3) is 0 Å². The summed E-state index contributed by atoms with van der Waals surface area (Å²) in [5, 5.41) is 0. The van der Waals surface area contributed by atoms with Crippen molar-refractivity contribution in [2.75, 3.05) is 0 Å². The highest BCUT2D eigenvalue weighted by atomic mass is 32.1. The lowest BCUT2D eigenvalue weighted by molar-refractivity contribution is 0.331. The minimum atomic E-state index is 0.462. The Labute approximate surface area is 132 Å². The van der Waals surface area contributed by atoms with Crippen LogP contribution < -0.4 is 0 Å². The van der Waals surface area contributed by atoms with Crippen molar-refractivity contribution >= 4 is 12.6 Å². The predicted molar refractivity (Wildman–Crippen MR) is 93.6 cm³/mol. The molecule has 20 heavy (non-hydrogen) atoms. The Bertz CT molecular complexity index is 262. The largest absolute Gasteiger partial charge is 0.172 e. The molecule has 2 aliphatic carbocycles. The van der Waals surface area contributed by atoms with Crippen LogP contribution in [0.15, 0.2) is 0 Å². The monoisotopic (exact) mass is 296 g/mol. The van der Waals surface area contributed by atoms with Crippen LogP contribution in [-0.2, 0) is 0 Å². The second kappa shape index (κ2) is 8.71. The molecule has 2 aliphatic rings. The summed E-state index contributed by atoms with van der Waals surface area (Å²) in [5.74, 6) is 2.00. The molecule has 2 saturated carbocycles. The molecule has 0 aromatic rings. The molecule has 0 aromatic heterocycles. The number of hydrogen-bond acceptors (Lipinski definition) is 1. The van der Waals surface area contributed by atoms with Crippen LogP contribution in [0.4, 0.5) is 0 Å². The van der Waals surface area contributed by atoms with Gasteiger partial charge in [-0.05, 0) is 43.9 Å². The van der Waals surface area contributed by atoms with Crippen molar-refractivity contribution in [3.63, 3.8) is 0 Å². The highest BCUT2D eigenvalue weighted by Gasteiger charge is 2.48. The molecule has 118 valence electrons. The zero-order chi connectivity index (χ0) is 14.3. The van der Waals surface area contributed by atoms with E-state index in [-0.39, 0.29) is 0 Å². The summed E-state index contributed by atoms with van der Waals surface area (Å²) in [6.07, 6.45) is 21.9. The average molecular weight is 297 g/mol. The maximum Gasteiger partial charge on any atom is 0.0161 e. The maximum atomic E-state index is 5.02.